The molecular formula is C25H20N2O5S. The fourth-order valence-corrected chi connectivity index (χ4v) is 4.99. The van der Waals surface area contributed by atoms with Gasteiger partial charge in [0.25, 0.3) is 5.78 Å². The van der Waals surface area contributed by atoms with E-state index in [0.29, 0.717) is 22.2 Å². The Morgan fingerprint density at radius 2 is 1.97 bits per heavy atom. The van der Waals surface area contributed by atoms with Crippen LogP contribution < -0.4 is 9.64 Å². The highest BCUT2D eigenvalue weighted by Crippen LogP contribution is 2.44. The van der Waals surface area contributed by atoms with Crippen molar-refractivity contribution in [2.45, 2.75) is 19.4 Å². The van der Waals surface area contributed by atoms with Gasteiger partial charge >= 0.3 is 5.91 Å². The lowest BCUT2D eigenvalue weighted by Gasteiger charge is -2.20. The first-order valence-corrected chi connectivity index (χ1v) is 11.2. The molecule has 7 nitrogen and oxygen atoms in total. The number of carbonyl (C=O) groups is 2. The number of thiazole rings is 1. The fraction of sp³-hybridized carbons (Fsp3) is 0.160. The molecule has 1 fully saturated rings. The minimum atomic E-state index is -0.937. The van der Waals surface area contributed by atoms with Crippen molar-refractivity contribution in [3.8, 4) is 5.75 Å². The number of rotatable bonds is 5. The third kappa shape index (κ3) is 3.48. The van der Waals surface area contributed by atoms with Crippen molar-refractivity contribution in [2.75, 3.05) is 12.0 Å². The number of hydrogen-bond donors (Lipinski definition) is 1. The lowest BCUT2D eigenvalue weighted by atomic mass is 9.99. The zero-order chi connectivity index (χ0) is 23.1. The van der Waals surface area contributed by atoms with Crippen molar-refractivity contribution in [1.82, 2.24) is 4.98 Å². The first kappa shape index (κ1) is 21.0. The molecule has 0 spiro atoms. The summed E-state index contributed by atoms with van der Waals surface area (Å²) in [5, 5.41) is 11.5. The van der Waals surface area contributed by atoms with E-state index in [1.165, 1.54) is 22.5 Å². The van der Waals surface area contributed by atoms with Crippen molar-refractivity contribution >= 4 is 44.1 Å². The Hall–Kier alpha value is -3.91. The number of amides is 1. The van der Waals surface area contributed by atoms with Crippen molar-refractivity contribution in [3.05, 3.63) is 83.3 Å². The van der Waals surface area contributed by atoms with Gasteiger partial charge in [0.05, 0.1) is 29.2 Å². The molecule has 5 rings (SSSR count). The maximum atomic E-state index is 13.2. The Labute approximate surface area is 193 Å². The van der Waals surface area contributed by atoms with E-state index in [4.69, 9.17) is 9.15 Å². The van der Waals surface area contributed by atoms with E-state index in [9.17, 15) is 14.7 Å². The van der Waals surface area contributed by atoms with Crippen molar-refractivity contribution in [3.63, 3.8) is 0 Å². The third-order valence-corrected chi connectivity index (χ3v) is 6.69. The highest BCUT2D eigenvalue weighted by Gasteiger charge is 2.49. The van der Waals surface area contributed by atoms with E-state index in [0.717, 1.165) is 22.2 Å². The zero-order valence-electron chi connectivity index (χ0n) is 17.9. The Balaban J connectivity index is 1.67. The molecule has 3 heterocycles. The van der Waals surface area contributed by atoms with Gasteiger partial charge in [-0.3, -0.25) is 14.5 Å². The number of ketones is 1. The maximum absolute atomic E-state index is 13.2. The summed E-state index contributed by atoms with van der Waals surface area (Å²) in [5.41, 5.74) is 2.24. The van der Waals surface area contributed by atoms with Crippen LogP contribution in [0.1, 0.15) is 29.9 Å². The molecule has 1 amide bonds. The van der Waals surface area contributed by atoms with E-state index >= 15 is 0 Å². The van der Waals surface area contributed by atoms with Crippen LogP contribution in [0.3, 0.4) is 0 Å². The van der Waals surface area contributed by atoms with E-state index in [1.807, 2.05) is 18.2 Å². The molecular weight excluding hydrogens is 440 g/mol. The van der Waals surface area contributed by atoms with Crippen LogP contribution in [0.2, 0.25) is 0 Å². The second kappa shape index (κ2) is 8.22. The number of aryl methyl sites for hydroxylation is 1. The summed E-state index contributed by atoms with van der Waals surface area (Å²) in [6.45, 7) is 2.07. The molecule has 1 aliphatic heterocycles. The Morgan fingerprint density at radius 3 is 2.64 bits per heavy atom. The summed E-state index contributed by atoms with van der Waals surface area (Å²) in [6.07, 6.45) is 2.34. The molecule has 4 aromatic rings. The van der Waals surface area contributed by atoms with Gasteiger partial charge < -0.3 is 14.3 Å². The van der Waals surface area contributed by atoms with Crippen molar-refractivity contribution in [1.29, 1.82) is 0 Å². The monoisotopic (exact) mass is 460 g/mol. The molecule has 2 aromatic heterocycles. The van der Waals surface area contributed by atoms with E-state index in [1.54, 1.807) is 43.5 Å². The van der Waals surface area contributed by atoms with Crippen LogP contribution in [-0.2, 0) is 16.0 Å². The predicted molar refractivity (Wildman–Crippen MR) is 125 cm³/mol. The smallest absolute Gasteiger partial charge is 0.302 e. The topological polar surface area (TPSA) is 92.9 Å². The number of fused-ring (bicyclic) bond motifs is 1. The van der Waals surface area contributed by atoms with Crippen LogP contribution in [0.5, 0.6) is 5.75 Å². The largest absolute Gasteiger partial charge is 0.507 e. The van der Waals surface area contributed by atoms with Gasteiger partial charge in [-0.25, -0.2) is 4.98 Å². The quantitative estimate of drug-likeness (QED) is 0.253. The summed E-state index contributed by atoms with van der Waals surface area (Å²) in [7, 11) is 1.54. The lowest BCUT2D eigenvalue weighted by molar-refractivity contribution is -0.132. The summed E-state index contributed by atoms with van der Waals surface area (Å²) in [4.78, 5) is 32.3. The molecule has 1 saturated heterocycles. The second-order valence-electron chi connectivity index (χ2n) is 7.57. The van der Waals surface area contributed by atoms with Gasteiger partial charge in [0, 0.05) is 5.56 Å². The normalized spacial score (nSPS) is 17.8. The highest BCUT2D eigenvalue weighted by atomic mass is 32.1. The van der Waals surface area contributed by atoms with Gasteiger partial charge in [0.2, 0.25) is 0 Å². The molecule has 2 aromatic carbocycles. The molecule has 8 heteroatoms. The van der Waals surface area contributed by atoms with E-state index in [-0.39, 0.29) is 11.3 Å². The van der Waals surface area contributed by atoms with Crippen LogP contribution in [0.25, 0.3) is 16.0 Å². The summed E-state index contributed by atoms with van der Waals surface area (Å²) >= 11 is 1.32. The molecule has 1 unspecified atom stereocenters. The molecule has 1 atom stereocenters. The highest BCUT2D eigenvalue weighted by molar-refractivity contribution is 7.22. The second-order valence-corrected chi connectivity index (χ2v) is 8.57. The number of hydrogen-bond acceptors (Lipinski definition) is 7. The number of ether oxygens (including phenoxy) is 1. The fourth-order valence-electron chi connectivity index (χ4n) is 3.93. The Bertz CT molecular complexity index is 1390. The predicted octanol–water partition coefficient (Wildman–Crippen LogP) is 5.09. The minimum absolute atomic E-state index is 0.0476. The molecule has 0 saturated carbocycles. The zero-order valence-corrected chi connectivity index (χ0v) is 18.8. The SMILES string of the molecule is CCc1ccc2nc(N3C(=O)C(=O)C(=C(O)c4ccc(OC)cc4)C3c3ccco3)sc2c1. The van der Waals surface area contributed by atoms with Crippen LogP contribution in [0, 0.1) is 0 Å². The molecule has 0 radical (unpaired) electrons. The van der Waals surface area contributed by atoms with Crippen LogP contribution >= 0.6 is 11.3 Å². The summed E-state index contributed by atoms with van der Waals surface area (Å²) in [5.74, 6) is -0.873. The van der Waals surface area contributed by atoms with Crippen LogP contribution in [-0.4, -0.2) is 28.9 Å². The van der Waals surface area contributed by atoms with Gasteiger partial charge in [-0.05, 0) is 60.5 Å². The average Bonchev–Trinajstić information content (AvgIpc) is 3.57. The number of carbonyl (C=O) groups excluding carboxylic acids is 2. The molecule has 1 N–H and O–H groups in total. The van der Waals surface area contributed by atoms with E-state index < -0.39 is 17.7 Å². The molecule has 1 aliphatic rings. The van der Waals surface area contributed by atoms with Gasteiger partial charge in [0.15, 0.2) is 5.13 Å². The lowest BCUT2D eigenvalue weighted by Crippen LogP contribution is -2.29. The number of furan rings is 1. The molecule has 0 aliphatic carbocycles. The van der Waals surface area contributed by atoms with Gasteiger partial charge in [-0.15, -0.1) is 0 Å². The van der Waals surface area contributed by atoms with Gasteiger partial charge in [-0.1, -0.05) is 24.3 Å². The van der Waals surface area contributed by atoms with Gasteiger partial charge in [-0.2, -0.15) is 0 Å². The summed E-state index contributed by atoms with van der Waals surface area (Å²) in [6, 6.07) is 15.0. The number of Topliss-reactive ketones (excluding diaryl/α,β-unsaturated/α-hetero) is 1. The number of anilines is 1. The average molecular weight is 461 g/mol. The third-order valence-electron chi connectivity index (χ3n) is 5.68. The number of aliphatic hydroxyl groups excluding tert-OH is 1. The minimum Gasteiger partial charge on any atom is -0.507 e. The molecule has 0 bridgehead atoms. The molecule has 166 valence electrons. The molecule has 33 heavy (non-hydrogen) atoms. The first-order chi connectivity index (χ1) is 16.0. The van der Waals surface area contributed by atoms with Crippen molar-refractivity contribution < 1.29 is 23.8 Å². The number of benzene rings is 2. The number of aromatic nitrogens is 1. The maximum Gasteiger partial charge on any atom is 0.302 e. The van der Waals surface area contributed by atoms with Gasteiger partial charge in [0.1, 0.15) is 23.3 Å². The number of methoxy groups -OCH3 is 1. The Kier molecular flexibility index (Phi) is 5.22. The first-order valence-electron chi connectivity index (χ1n) is 10.4. The number of nitrogens with zero attached hydrogens (tertiary/aromatic N) is 2. The van der Waals surface area contributed by atoms with Crippen molar-refractivity contribution in [2.24, 2.45) is 0 Å². The Morgan fingerprint density at radius 1 is 1.18 bits per heavy atom. The van der Waals surface area contributed by atoms with E-state index in [2.05, 4.69) is 11.9 Å². The number of aliphatic hydroxyl groups is 1. The standard InChI is InChI=1S/C25H20N2O5S/c1-3-14-6-11-17-19(13-14)33-25(26-17)27-21(18-5-4-12-32-18)20(23(29)24(27)30)22(28)15-7-9-16(31-2)10-8-15/h4-13,21,28H,3H2,1-2H3. The summed E-state index contributed by atoms with van der Waals surface area (Å²) < 4.78 is 11.7. The van der Waals surface area contributed by atoms with Crippen LogP contribution in [0.4, 0.5) is 5.13 Å². The van der Waals surface area contributed by atoms with Crippen LogP contribution in [0.15, 0.2) is 70.9 Å².